The first-order chi connectivity index (χ1) is 5.11. The van der Waals surface area contributed by atoms with Gasteiger partial charge in [0.05, 0.1) is 10.8 Å². The lowest BCUT2D eigenvalue weighted by Crippen LogP contribution is -2.33. The molecule has 0 amide bonds. The molecule has 0 fully saturated rings. The highest BCUT2D eigenvalue weighted by Crippen LogP contribution is 2.02. The van der Waals surface area contributed by atoms with Crippen molar-refractivity contribution < 1.29 is 9.05 Å². The van der Waals surface area contributed by atoms with E-state index in [0.29, 0.717) is 0 Å². The average molecular weight is 193 g/mol. The third-order valence-corrected chi connectivity index (χ3v) is 2.11. The van der Waals surface area contributed by atoms with Crippen molar-refractivity contribution in [3.8, 4) is 0 Å². The molecule has 0 aromatic carbocycles. The van der Waals surface area contributed by atoms with Crippen LogP contribution in [0.5, 0.6) is 0 Å². The maximum atomic E-state index is 10.8. The molecular formula is C5H5ClN2O2S. The lowest BCUT2D eigenvalue weighted by molar-refractivity contribution is -0.670. The first-order valence-electron chi connectivity index (χ1n) is 2.71. The monoisotopic (exact) mass is 192 g/mol. The zero-order chi connectivity index (χ0) is 8.43. The Hall–Kier alpha value is -0.680. The zero-order valence-corrected chi connectivity index (χ0v) is 7.22. The third-order valence-electron chi connectivity index (χ3n) is 1.03. The molecule has 6 heteroatoms. The summed E-state index contributed by atoms with van der Waals surface area (Å²) in [5.74, 6) is 0. The molecule has 0 N–H and O–H groups in total. The summed E-state index contributed by atoms with van der Waals surface area (Å²) in [7, 11) is -1.24. The summed E-state index contributed by atoms with van der Waals surface area (Å²) in [6.07, 6.45) is 1.44. The van der Waals surface area contributed by atoms with Gasteiger partial charge in [-0.05, 0) is 22.5 Å². The van der Waals surface area contributed by atoms with Crippen LogP contribution in [0.3, 0.4) is 0 Å². The highest BCUT2D eigenvalue weighted by atomic mass is 35.5. The fourth-order valence-electron chi connectivity index (χ4n) is 0.528. The minimum atomic E-state index is -1.24. The van der Waals surface area contributed by atoms with Crippen molar-refractivity contribution in [1.29, 1.82) is 0 Å². The van der Waals surface area contributed by atoms with Gasteiger partial charge in [0, 0.05) is 17.4 Å². The maximum Gasteiger partial charge on any atom is 0.313 e. The van der Waals surface area contributed by atoms with Crippen molar-refractivity contribution in [3.63, 3.8) is 0 Å². The van der Waals surface area contributed by atoms with Crippen molar-refractivity contribution in [1.82, 2.24) is 5.10 Å². The Morgan fingerprint density at radius 2 is 2.36 bits per heavy atom. The molecule has 0 aliphatic rings. The number of rotatable bonds is 1. The summed E-state index contributed by atoms with van der Waals surface area (Å²) in [5, 5.41) is 14.3. The van der Waals surface area contributed by atoms with E-state index in [4.69, 9.17) is 11.6 Å². The molecule has 0 bridgehead atoms. The third kappa shape index (κ3) is 1.87. The van der Waals surface area contributed by atoms with Crippen LogP contribution in [-0.2, 0) is 10.8 Å². The largest absolute Gasteiger partial charge is 0.593 e. The first-order valence-corrected chi connectivity index (χ1v) is 4.64. The molecule has 0 aliphatic heterocycles. The standard InChI is InChI=1S/C5H5ClN2O2S/c1-11(10)5-3-2-4(6)8(9)7-5/h2-3H,1H3. The molecule has 0 spiro atoms. The van der Waals surface area contributed by atoms with Crippen LogP contribution >= 0.6 is 11.6 Å². The van der Waals surface area contributed by atoms with Crippen LogP contribution in [0.15, 0.2) is 17.2 Å². The van der Waals surface area contributed by atoms with Crippen molar-refractivity contribution >= 4 is 22.4 Å². The molecule has 0 radical (unpaired) electrons. The fourth-order valence-corrected chi connectivity index (χ4v) is 1.08. The summed E-state index contributed by atoms with van der Waals surface area (Å²) in [6, 6.07) is 2.81. The Bertz CT molecular complexity index is 305. The Morgan fingerprint density at radius 1 is 1.73 bits per heavy atom. The quantitative estimate of drug-likeness (QED) is 0.469. The van der Waals surface area contributed by atoms with Crippen LogP contribution < -0.4 is 4.85 Å². The molecule has 1 aromatic heterocycles. The van der Waals surface area contributed by atoms with Crippen LogP contribution in [0.25, 0.3) is 0 Å². The zero-order valence-electron chi connectivity index (χ0n) is 5.65. The summed E-state index contributed by atoms with van der Waals surface area (Å²) < 4.78 is 10.8. The summed E-state index contributed by atoms with van der Waals surface area (Å²) in [6.45, 7) is 0. The fraction of sp³-hybridized carbons (Fsp3) is 0.200. The van der Waals surface area contributed by atoms with Gasteiger partial charge in [-0.2, -0.15) is 0 Å². The second kappa shape index (κ2) is 3.15. The molecule has 60 valence electrons. The molecule has 0 saturated heterocycles. The van der Waals surface area contributed by atoms with Crippen LogP contribution in [-0.4, -0.2) is 15.6 Å². The molecule has 0 aliphatic carbocycles. The molecule has 4 nitrogen and oxygen atoms in total. The lowest BCUT2D eigenvalue weighted by atomic mass is 10.6. The second-order valence-electron chi connectivity index (χ2n) is 1.82. The number of aromatic nitrogens is 2. The molecule has 11 heavy (non-hydrogen) atoms. The van der Waals surface area contributed by atoms with Gasteiger partial charge in [-0.15, -0.1) is 0 Å². The van der Waals surface area contributed by atoms with E-state index < -0.39 is 10.8 Å². The Balaban J connectivity index is 3.15. The topological polar surface area (TPSA) is 56.9 Å². The van der Waals surface area contributed by atoms with E-state index in [-0.39, 0.29) is 15.0 Å². The molecule has 1 aromatic rings. The van der Waals surface area contributed by atoms with E-state index in [1.54, 1.807) is 0 Å². The Kier molecular flexibility index (Phi) is 2.41. The summed E-state index contributed by atoms with van der Waals surface area (Å²) in [5.41, 5.74) is 0. The van der Waals surface area contributed by atoms with Crippen LogP contribution in [0, 0.1) is 5.21 Å². The van der Waals surface area contributed by atoms with Crippen molar-refractivity contribution in [2.75, 3.05) is 6.26 Å². The van der Waals surface area contributed by atoms with E-state index in [1.165, 1.54) is 18.4 Å². The van der Waals surface area contributed by atoms with E-state index in [0.717, 1.165) is 0 Å². The highest BCUT2D eigenvalue weighted by molar-refractivity contribution is 7.84. The van der Waals surface area contributed by atoms with Gasteiger partial charge in [-0.3, -0.25) is 4.21 Å². The smallest absolute Gasteiger partial charge is 0.313 e. The van der Waals surface area contributed by atoms with Gasteiger partial charge < -0.3 is 5.21 Å². The van der Waals surface area contributed by atoms with Gasteiger partial charge in [0.2, 0.25) is 0 Å². The van der Waals surface area contributed by atoms with Gasteiger partial charge >= 0.3 is 5.15 Å². The summed E-state index contributed by atoms with van der Waals surface area (Å²) >= 11 is 5.37. The number of nitrogens with zero attached hydrogens (tertiary/aromatic N) is 2. The molecule has 1 unspecified atom stereocenters. The average Bonchev–Trinajstić information content (AvgIpc) is 1.94. The van der Waals surface area contributed by atoms with E-state index in [1.807, 2.05) is 0 Å². The molecule has 1 rings (SSSR count). The minimum Gasteiger partial charge on any atom is -0.593 e. The van der Waals surface area contributed by atoms with E-state index >= 15 is 0 Å². The SMILES string of the molecule is CS(=O)c1ccc(Cl)[n+]([O-])n1. The van der Waals surface area contributed by atoms with Gasteiger partial charge in [-0.25, -0.2) is 0 Å². The predicted octanol–water partition coefficient (Wildman–Crippen LogP) is 0.106. The maximum absolute atomic E-state index is 10.8. The van der Waals surface area contributed by atoms with Crippen LogP contribution in [0.1, 0.15) is 0 Å². The lowest BCUT2D eigenvalue weighted by Gasteiger charge is -1.95. The minimum absolute atomic E-state index is 0.0285. The van der Waals surface area contributed by atoms with E-state index in [9.17, 15) is 9.42 Å². The predicted molar refractivity (Wildman–Crippen MR) is 40.5 cm³/mol. The number of hydrogen-bond donors (Lipinski definition) is 0. The van der Waals surface area contributed by atoms with Crippen molar-refractivity contribution in [2.45, 2.75) is 5.03 Å². The van der Waals surface area contributed by atoms with Crippen LogP contribution in [0.2, 0.25) is 5.15 Å². The Labute approximate surface area is 70.8 Å². The van der Waals surface area contributed by atoms with Crippen molar-refractivity contribution in [2.24, 2.45) is 0 Å². The number of halogens is 1. The van der Waals surface area contributed by atoms with Gasteiger partial charge in [0.1, 0.15) is 0 Å². The molecule has 1 atom stereocenters. The first kappa shape index (κ1) is 8.42. The normalized spacial score (nSPS) is 12.9. The molecule has 0 saturated carbocycles. The second-order valence-corrected chi connectivity index (χ2v) is 3.54. The highest BCUT2D eigenvalue weighted by Gasteiger charge is 2.07. The van der Waals surface area contributed by atoms with Crippen LogP contribution in [0.4, 0.5) is 0 Å². The van der Waals surface area contributed by atoms with E-state index in [2.05, 4.69) is 5.10 Å². The van der Waals surface area contributed by atoms with Gasteiger partial charge in [0.25, 0.3) is 0 Å². The molecule has 1 heterocycles. The summed E-state index contributed by atoms with van der Waals surface area (Å²) in [4.78, 5) is 0.234. The number of hydrogen-bond acceptors (Lipinski definition) is 3. The Morgan fingerprint density at radius 3 is 2.82 bits per heavy atom. The van der Waals surface area contributed by atoms with Gasteiger partial charge in [0.15, 0.2) is 5.03 Å². The van der Waals surface area contributed by atoms with Gasteiger partial charge in [-0.1, -0.05) is 0 Å². The van der Waals surface area contributed by atoms with Crippen molar-refractivity contribution in [3.05, 3.63) is 22.5 Å². The molecular weight excluding hydrogens is 188 g/mol.